The lowest BCUT2D eigenvalue weighted by molar-refractivity contribution is -0.133. The molecule has 4 amide bonds. The van der Waals surface area contributed by atoms with E-state index in [1.54, 1.807) is 0 Å². The van der Waals surface area contributed by atoms with E-state index in [-0.39, 0.29) is 23.8 Å². The van der Waals surface area contributed by atoms with Crippen LogP contribution in [0.2, 0.25) is 0 Å². The number of urea groups is 1. The van der Waals surface area contributed by atoms with Crippen LogP contribution in [0.25, 0.3) is 10.8 Å². The van der Waals surface area contributed by atoms with Gasteiger partial charge in [0.25, 0.3) is 5.91 Å². The van der Waals surface area contributed by atoms with Crippen LogP contribution in [0, 0.1) is 0 Å². The number of alkyl halides is 1. The van der Waals surface area contributed by atoms with Crippen LogP contribution in [0.1, 0.15) is 60.0 Å². The van der Waals surface area contributed by atoms with E-state index in [0.717, 1.165) is 28.0 Å². The van der Waals surface area contributed by atoms with Gasteiger partial charge in [0.1, 0.15) is 0 Å². The fourth-order valence-electron chi connectivity index (χ4n) is 5.45. The number of primary amides is 1. The van der Waals surface area contributed by atoms with Crippen LogP contribution in [0.15, 0.2) is 66.7 Å². The number of amides is 4. The zero-order valence-corrected chi connectivity index (χ0v) is 25.7. The highest BCUT2D eigenvalue weighted by molar-refractivity contribution is 14.1. The third kappa shape index (κ3) is 8.65. The molecule has 0 aliphatic carbocycles. The third-order valence-electron chi connectivity index (χ3n) is 7.80. The standard InChI is InChI=1S/C32H40IN5O3/c1-2-23(24-7-4-3-5-8-24)21-38-16-14-28(37-29(31(38)40)9-6-15-35-32(34)41)20-36-30(39)27-13-12-25-17-22(19-33)10-11-26(25)18-27/h3-5,7-8,10-13,17-18,23,28-29,37H,2,6,9,14-16,19-21H2,1H3,(H,36,39)(H3,34,35,41)/t23-,28+,29+/m1/s1. The maximum Gasteiger partial charge on any atom is 0.312 e. The minimum Gasteiger partial charge on any atom is -0.352 e. The van der Waals surface area contributed by atoms with Crippen LogP contribution >= 0.6 is 22.6 Å². The van der Waals surface area contributed by atoms with Gasteiger partial charge in [0.2, 0.25) is 5.91 Å². The predicted octanol–water partition coefficient (Wildman–Crippen LogP) is 4.71. The quantitative estimate of drug-likeness (QED) is 0.127. The zero-order valence-electron chi connectivity index (χ0n) is 23.6. The Balaban J connectivity index is 1.42. The number of fused-ring (bicyclic) bond motifs is 1. The molecule has 1 heterocycles. The van der Waals surface area contributed by atoms with Crippen LogP contribution in [0.5, 0.6) is 0 Å². The summed E-state index contributed by atoms with van der Waals surface area (Å²) in [6.45, 7) is 4.23. The monoisotopic (exact) mass is 669 g/mol. The number of halogens is 1. The van der Waals surface area contributed by atoms with Crippen molar-refractivity contribution in [3.63, 3.8) is 0 Å². The lowest BCUT2D eigenvalue weighted by Crippen LogP contribution is -2.49. The number of nitrogens with two attached hydrogens (primary N) is 1. The van der Waals surface area contributed by atoms with Crippen LogP contribution in [0.4, 0.5) is 4.79 Å². The molecule has 0 spiro atoms. The normalized spacial score (nSPS) is 18.1. The van der Waals surface area contributed by atoms with E-state index in [4.69, 9.17) is 5.73 Å². The molecule has 3 aromatic rings. The molecule has 3 aromatic carbocycles. The number of hydrogen-bond donors (Lipinski definition) is 4. The first-order chi connectivity index (χ1) is 19.9. The minimum absolute atomic E-state index is 0.0627. The Morgan fingerprint density at radius 3 is 2.56 bits per heavy atom. The molecule has 9 heteroatoms. The van der Waals surface area contributed by atoms with Crippen molar-refractivity contribution in [3.8, 4) is 0 Å². The van der Waals surface area contributed by atoms with Crippen molar-refractivity contribution in [2.45, 2.75) is 55.0 Å². The van der Waals surface area contributed by atoms with Crippen molar-refractivity contribution < 1.29 is 14.4 Å². The van der Waals surface area contributed by atoms with Crippen LogP contribution in [0.3, 0.4) is 0 Å². The van der Waals surface area contributed by atoms with Crippen molar-refractivity contribution in [2.75, 3.05) is 26.2 Å². The van der Waals surface area contributed by atoms with Crippen molar-refractivity contribution in [2.24, 2.45) is 5.73 Å². The Labute approximate surface area is 255 Å². The van der Waals surface area contributed by atoms with Gasteiger partial charge in [0.15, 0.2) is 0 Å². The van der Waals surface area contributed by atoms with Gasteiger partial charge in [-0.05, 0) is 59.7 Å². The van der Waals surface area contributed by atoms with Crippen molar-refractivity contribution >= 4 is 51.2 Å². The Morgan fingerprint density at radius 2 is 1.83 bits per heavy atom. The summed E-state index contributed by atoms with van der Waals surface area (Å²) in [5.41, 5.74) is 8.32. The summed E-state index contributed by atoms with van der Waals surface area (Å²) in [5.74, 6) is 0.179. The molecule has 4 rings (SSSR count). The summed E-state index contributed by atoms with van der Waals surface area (Å²) in [6, 6.07) is 21.4. The average Bonchev–Trinajstić information content (AvgIpc) is 3.14. The second kappa shape index (κ2) is 15.2. The fraction of sp³-hybridized carbons (Fsp3) is 0.406. The number of hydrogen-bond acceptors (Lipinski definition) is 4. The Hall–Kier alpha value is -3.18. The molecule has 8 nitrogen and oxygen atoms in total. The minimum atomic E-state index is -0.569. The molecule has 0 saturated carbocycles. The summed E-state index contributed by atoms with van der Waals surface area (Å²) in [6.07, 6.45) is 2.83. The summed E-state index contributed by atoms with van der Waals surface area (Å²) in [5, 5.41) is 11.4. The van der Waals surface area contributed by atoms with Crippen LogP contribution in [-0.2, 0) is 9.22 Å². The maximum absolute atomic E-state index is 13.7. The molecule has 0 bridgehead atoms. The maximum atomic E-state index is 13.7. The molecular formula is C32H40IN5O3. The van der Waals surface area contributed by atoms with Crippen LogP contribution < -0.4 is 21.7 Å². The molecule has 1 fully saturated rings. The first kappa shape index (κ1) is 30.8. The van der Waals surface area contributed by atoms with Gasteiger partial charge in [-0.2, -0.15) is 0 Å². The highest BCUT2D eigenvalue weighted by atomic mass is 127. The van der Waals surface area contributed by atoms with Gasteiger partial charge in [-0.3, -0.25) is 9.59 Å². The summed E-state index contributed by atoms with van der Waals surface area (Å²) in [7, 11) is 0. The zero-order chi connectivity index (χ0) is 29.2. The van der Waals surface area contributed by atoms with Gasteiger partial charge in [-0.1, -0.05) is 84.1 Å². The SMILES string of the molecule is CC[C@H](CN1CC[C@@H](CNC(=O)c2ccc3cc(CI)ccc3c2)N[C@@H](CCCNC(N)=O)C1=O)c1ccccc1. The van der Waals surface area contributed by atoms with Gasteiger partial charge in [0.05, 0.1) is 6.04 Å². The molecule has 3 atom stereocenters. The van der Waals surface area contributed by atoms with E-state index in [0.29, 0.717) is 44.6 Å². The molecule has 41 heavy (non-hydrogen) atoms. The van der Waals surface area contributed by atoms with E-state index < -0.39 is 12.1 Å². The summed E-state index contributed by atoms with van der Waals surface area (Å²) in [4.78, 5) is 39.9. The number of nitrogens with zero attached hydrogens (tertiary/aromatic N) is 1. The second-order valence-corrected chi connectivity index (χ2v) is 11.4. The Kier molecular flexibility index (Phi) is 11.4. The van der Waals surface area contributed by atoms with Crippen molar-refractivity contribution in [3.05, 3.63) is 83.4 Å². The first-order valence-corrected chi connectivity index (χ1v) is 15.9. The third-order valence-corrected chi connectivity index (χ3v) is 8.68. The van der Waals surface area contributed by atoms with E-state index in [1.165, 1.54) is 11.1 Å². The highest BCUT2D eigenvalue weighted by Crippen LogP contribution is 2.23. The van der Waals surface area contributed by atoms with Gasteiger partial charge >= 0.3 is 6.03 Å². The van der Waals surface area contributed by atoms with E-state index >= 15 is 0 Å². The summed E-state index contributed by atoms with van der Waals surface area (Å²) < 4.78 is 0.943. The largest absolute Gasteiger partial charge is 0.352 e. The van der Waals surface area contributed by atoms with E-state index in [9.17, 15) is 14.4 Å². The highest BCUT2D eigenvalue weighted by Gasteiger charge is 2.32. The number of benzene rings is 3. The number of nitrogens with one attached hydrogen (secondary N) is 3. The molecular weight excluding hydrogens is 629 g/mol. The topological polar surface area (TPSA) is 117 Å². The Bertz CT molecular complexity index is 1340. The average molecular weight is 670 g/mol. The number of rotatable bonds is 12. The van der Waals surface area contributed by atoms with Crippen LogP contribution in [-0.4, -0.2) is 61.0 Å². The molecule has 5 N–H and O–H groups in total. The molecule has 0 unspecified atom stereocenters. The molecule has 1 aliphatic heterocycles. The lowest BCUT2D eigenvalue weighted by Gasteiger charge is -2.28. The predicted molar refractivity (Wildman–Crippen MR) is 172 cm³/mol. The second-order valence-electron chi connectivity index (χ2n) is 10.7. The number of carbonyl (C=O) groups excluding carboxylic acids is 3. The lowest BCUT2D eigenvalue weighted by atomic mass is 9.95. The Morgan fingerprint density at radius 1 is 1.07 bits per heavy atom. The van der Waals surface area contributed by atoms with Gasteiger partial charge < -0.3 is 26.6 Å². The van der Waals surface area contributed by atoms with E-state index in [1.807, 2.05) is 41.3 Å². The van der Waals surface area contributed by atoms with E-state index in [2.05, 4.69) is 75.8 Å². The van der Waals surface area contributed by atoms with Gasteiger partial charge in [-0.15, -0.1) is 0 Å². The molecule has 0 aromatic heterocycles. The van der Waals surface area contributed by atoms with Crippen molar-refractivity contribution in [1.82, 2.24) is 20.9 Å². The fourth-order valence-corrected chi connectivity index (χ4v) is 5.92. The van der Waals surface area contributed by atoms with Gasteiger partial charge in [0, 0.05) is 48.1 Å². The molecule has 218 valence electrons. The summed E-state index contributed by atoms with van der Waals surface area (Å²) >= 11 is 2.35. The van der Waals surface area contributed by atoms with Crippen molar-refractivity contribution in [1.29, 1.82) is 0 Å². The molecule has 0 radical (unpaired) electrons. The number of carbonyl (C=O) groups is 3. The molecule has 1 saturated heterocycles. The molecule has 1 aliphatic rings. The van der Waals surface area contributed by atoms with Gasteiger partial charge in [-0.25, -0.2) is 4.79 Å². The first-order valence-electron chi connectivity index (χ1n) is 14.4. The smallest absolute Gasteiger partial charge is 0.312 e.